The Balaban J connectivity index is 2.89. The molecule has 0 bridgehead atoms. The lowest BCUT2D eigenvalue weighted by atomic mass is 10.4. The smallest absolute Gasteiger partial charge is 0.171 e. The molecule has 0 aliphatic carbocycles. The van der Waals surface area contributed by atoms with E-state index in [1.54, 1.807) is 24.3 Å². The van der Waals surface area contributed by atoms with Gasteiger partial charge in [-0.25, -0.2) is 8.62 Å². The summed E-state index contributed by atoms with van der Waals surface area (Å²) < 4.78 is 13.7. The zero-order chi connectivity index (χ0) is 12.8. The van der Waals surface area contributed by atoms with Crippen LogP contribution in [-0.4, -0.2) is 27.1 Å². The van der Waals surface area contributed by atoms with Crippen LogP contribution in [0.2, 0.25) is 0 Å². The van der Waals surface area contributed by atoms with Gasteiger partial charge in [-0.15, -0.1) is 9.81 Å². The summed E-state index contributed by atoms with van der Waals surface area (Å²) in [6.45, 7) is 0. The molecule has 0 radical (unpaired) electrons. The second-order valence-electron chi connectivity index (χ2n) is 2.91. The van der Waals surface area contributed by atoms with Crippen LogP contribution >= 0.6 is 11.9 Å². The fourth-order valence-electron chi connectivity index (χ4n) is 0.992. The minimum absolute atomic E-state index is 0.427. The van der Waals surface area contributed by atoms with E-state index in [0.29, 0.717) is 9.79 Å². The lowest BCUT2D eigenvalue weighted by Gasteiger charge is -2.10. The first kappa shape index (κ1) is 13.6. The van der Waals surface area contributed by atoms with Gasteiger partial charge in [0.1, 0.15) is 0 Å². The second kappa shape index (κ2) is 6.30. The number of hydrogen-bond acceptors (Lipinski definition) is 6. The number of rotatable bonds is 6. The van der Waals surface area contributed by atoms with Crippen LogP contribution in [0.15, 0.2) is 44.6 Å². The van der Waals surface area contributed by atoms with Crippen molar-refractivity contribution < 1.29 is 4.21 Å². The van der Waals surface area contributed by atoms with Crippen LogP contribution in [0, 0.1) is 9.81 Å². The van der Waals surface area contributed by atoms with Crippen LogP contribution in [0.4, 0.5) is 0 Å². The Bertz CT molecular complexity index is 443. The Hall–Kier alpha value is -1.48. The molecule has 0 heterocycles. The highest BCUT2D eigenvalue weighted by Gasteiger charge is 2.11. The van der Waals surface area contributed by atoms with Crippen LogP contribution in [-0.2, 0) is 11.0 Å². The highest BCUT2D eigenvalue weighted by molar-refractivity contribution is 7.97. The van der Waals surface area contributed by atoms with E-state index in [2.05, 4.69) is 10.6 Å². The molecule has 1 rings (SSSR count). The van der Waals surface area contributed by atoms with Crippen LogP contribution in [0.1, 0.15) is 0 Å². The van der Waals surface area contributed by atoms with Gasteiger partial charge < -0.3 is 0 Å². The summed E-state index contributed by atoms with van der Waals surface area (Å²) >= 11 is 1.09. The number of nitroso groups, excluding NO2 is 2. The van der Waals surface area contributed by atoms with Crippen molar-refractivity contribution in [3.8, 4) is 0 Å². The Morgan fingerprint density at radius 3 is 2.53 bits per heavy atom. The Labute approximate surface area is 105 Å². The van der Waals surface area contributed by atoms with Crippen molar-refractivity contribution in [1.82, 2.24) is 8.83 Å². The van der Waals surface area contributed by atoms with Gasteiger partial charge in [0.15, 0.2) is 11.0 Å². The summed E-state index contributed by atoms with van der Waals surface area (Å²) in [6.07, 6.45) is 0. The minimum atomic E-state index is -1.64. The van der Waals surface area contributed by atoms with Gasteiger partial charge in [0.05, 0.1) is 15.5 Å². The molecule has 9 heteroatoms. The standard InChI is InChI=1S/C8H10N4O3S2/c1-11(9-13)16-7-4-3-5-8(6-7)17(15)12(2)10-14/h3-6H,1-2H3. The third kappa shape index (κ3) is 3.79. The van der Waals surface area contributed by atoms with Crippen molar-refractivity contribution in [2.24, 2.45) is 10.6 Å². The molecule has 1 aromatic carbocycles. The second-order valence-corrected chi connectivity index (χ2v) is 5.59. The summed E-state index contributed by atoms with van der Waals surface area (Å²) in [5.74, 6) is 0. The molecule has 0 aliphatic rings. The van der Waals surface area contributed by atoms with Gasteiger partial charge in [0, 0.05) is 30.9 Å². The zero-order valence-electron chi connectivity index (χ0n) is 9.14. The third-order valence-electron chi connectivity index (χ3n) is 1.71. The normalized spacial score (nSPS) is 11.6. The predicted octanol–water partition coefficient (Wildman–Crippen LogP) is 1.94. The molecular formula is C8H10N4O3S2. The van der Waals surface area contributed by atoms with E-state index >= 15 is 0 Å². The van der Waals surface area contributed by atoms with Crippen molar-refractivity contribution >= 4 is 22.9 Å². The van der Waals surface area contributed by atoms with Crippen LogP contribution < -0.4 is 0 Å². The fraction of sp³-hybridized carbons (Fsp3) is 0.250. The molecule has 1 unspecified atom stereocenters. The van der Waals surface area contributed by atoms with Gasteiger partial charge in [-0.05, 0) is 18.2 Å². The first-order valence-corrected chi connectivity index (χ1v) is 6.30. The van der Waals surface area contributed by atoms with Gasteiger partial charge in [-0.2, -0.15) is 4.41 Å². The summed E-state index contributed by atoms with van der Waals surface area (Å²) in [4.78, 5) is 21.6. The molecule has 0 aromatic heterocycles. The summed E-state index contributed by atoms with van der Waals surface area (Å²) in [7, 11) is 1.18. The first-order valence-electron chi connectivity index (χ1n) is 4.42. The number of benzene rings is 1. The van der Waals surface area contributed by atoms with Crippen molar-refractivity contribution in [1.29, 1.82) is 0 Å². The molecule has 92 valence electrons. The molecule has 1 aromatic rings. The minimum Gasteiger partial charge on any atom is -0.230 e. The number of nitrogens with zero attached hydrogens (tertiary/aromatic N) is 4. The van der Waals surface area contributed by atoms with Gasteiger partial charge in [-0.3, -0.25) is 0 Å². The molecular weight excluding hydrogens is 264 g/mol. The summed E-state index contributed by atoms with van der Waals surface area (Å²) in [5.41, 5.74) is 0. The number of hydrogen-bond donors (Lipinski definition) is 0. The topological polar surface area (TPSA) is 82.4 Å². The van der Waals surface area contributed by atoms with E-state index in [1.807, 2.05) is 0 Å². The largest absolute Gasteiger partial charge is 0.230 e. The van der Waals surface area contributed by atoms with Gasteiger partial charge >= 0.3 is 0 Å². The molecule has 0 amide bonds. The van der Waals surface area contributed by atoms with E-state index in [9.17, 15) is 14.0 Å². The molecule has 1 atom stereocenters. The van der Waals surface area contributed by atoms with Crippen molar-refractivity contribution in [3.63, 3.8) is 0 Å². The molecule has 0 fully saturated rings. The molecule has 0 aliphatic heterocycles. The maximum atomic E-state index is 11.7. The van der Waals surface area contributed by atoms with Crippen LogP contribution in [0.25, 0.3) is 0 Å². The van der Waals surface area contributed by atoms with E-state index in [4.69, 9.17) is 0 Å². The van der Waals surface area contributed by atoms with Crippen molar-refractivity contribution in [2.75, 3.05) is 14.1 Å². The fourth-order valence-corrected chi connectivity index (χ4v) is 2.51. The van der Waals surface area contributed by atoms with E-state index in [1.165, 1.54) is 14.1 Å². The SMILES string of the molecule is CN(N=O)Sc1cccc(S(=O)N(C)N=O)c1. The molecule has 7 nitrogen and oxygen atoms in total. The van der Waals surface area contributed by atoms with E-state index in [-0.39, 0.29) is 0 Å². The van der Waals surface area contributed by atoms with Crippen LogP contribution in [0.3, 0.4) is 0 Å². The molecule has 0 saturated heterocycles. The maximum Gasteiger partial charge on any atom is 0.171 e. The van der Waals surface area contributed by atoms with Crippen molar-refractivity contribution in [3.05, 3.63) is 34.1 Å². The Morgan fingerprint density at radius 2 is 1.94 bits per heavy atom. The van der Waals surface area contributed by atoms with Gasteiger partial charge in [-0.1, -0.05) is 6.07 Å². The summed E-state index contributed by atoms with van der Waals surface area (Å²) in [6, 6.07) is 6.62. The van der Waals surface area contributed by atoms with Gasteiger partial charge in [0.2, 0.25) is 0 Å². The highest BCUT2D eigenvalue weighted by Crippen LogP contribution is 2.23. The molecule has 17 heavy (non-hydrogen) atoms. The van der Waals surface area contributed by atoms with E-state index in [0.717, 1.165) is 20.8 Å². The van der Waals surface area contributed by atoms with Crippen LogP contribution in [0.5, 0.6) is 0 Å². The molecule has 0 N–H and O–H groups in total. The average Bonchev–Trinajstić information content (AvgIpc) is 2.37. The first-order chi connectivity index (χ1) is 8.08. The van der Waals surface area contributed by atoms with Gasteiger partial charge in [0.25, 0.3) is 0 Å². The third-order valence-corrected chi connectivity index (χ3v) is 3.71. The van der Waals surface area contributed by atoms with Crippen molar-refractivity contribution in [2.45, 2.75) is 9.79 Å². The lowest BCUT2D eigenvalue weighted by Crippen LogP contribution is -2.13. The quantitative estimate of drug-likeness (QED) is 0.450. The average molecular weight is 274 g/mol. The molecule has 0 saturated carbocycles. The van der Waals surface area contributed by atoms with E-state index < -0.39 is 11.0 Å². The molecule has 0 spiro atoms. The Kier molecular flexibility index (Phi) is 5.04. The predicted molar refractivity (Wildman–Crippen MR) is 65.8 cm³/mol. The highest BCUT2D eigenvalue weighted by atomic mass is 32.2. The Morgan fingerprint density at radius 1 is 1.24 bits per heavy atom. The summed E-state index contributed by atoms with van der Waals surface area (Å²) in [5, 5.41) is 5.27. The maximum absolute atomic E-state index is 11.7. The zero-order valence-corrected chi connectivity index (χ0v) is 10.8. The monoisotopic (exact) mass is 274 g/mol. The lowest BCUT2D eigenvalue weighted by molar-refractivity contribution is 0.549.